The highest BCUT2D eigenvalue weighted by Gasteiger charge is 2.13. The number of halogens is 1. The van der Waals surface area contributed by atoms with Gasteiger partial charge in [0.05, 0.1) is 5.69 Å². The van der Waals surface area contributed by atoms with Crippen molar-refractivity contribution in [3.8, 4) is 17.1 Å². The first-order valence-electron chi connectivity index (χ1n) is 6.06. The number of para-hydroxylation sites is 1. The van der Waals surface area contributed by atoms with Crippen molar-refractivity contribution >= 4 is 21.6 Å². The van der Waals surface area contributed by atoms with E-state index >= 15 is 0 Å². The normalized spacial score (nSPS) is 10.7. The van der Waals surface area contributed by atoms with E-state index in [0.717, 1.165) is 27.0 Å². The Morgan fingerprint density at radius 2 is 1.95 bits per heavy atom. The molecule has 0 spiro atoms. The maximum Gasteiger partial charge on any atom is 0.187 e. The van der Waals surface area contributed by atoms with Crippen LogP contribution < -0.4 is 5.73 Å². The van der Waals surface area contributed by atoms with Gasteiger partial charge in [0.1, 0.15) is 0 Å². The van der Waals surface area contributed by atoms with Crippen LogP contribution in [0.2, 0.25) is 0 Å². The van der Waals surface area contributed by atoms with Crippen molar-refractivity contribution in [1.29, 1.82) is 0 Å². The third kappa shape index (κ3) is 2.18. The number of benzene rings is 2. The molecule has 0 saturated carbocycles. The lowest BCUT2D eigenvalue weighted by Gasteiger charge is -2.08. The Balaban J connectivity index is 2.15. The van der Waals surface area contributed by atoms with Gasteiger partial charge in [-0.05, 0) is 69.2 Å². The predicted octanol–water partition coefficient (Wildman–Crippen LogP) is 2.98. The first-order chi connectivity index (χ1) is 9.66. The fourth-order valence-electron chi connectivity index (χ4n) is 1.97. The SMILES string of the molecule is Cc1cc(-c2nnnn2-c2ccccc2Br)ccc1N. The zero-order chi connectivity index (χ0) is 14.1. The number of aryl methyl sites for hydroxylation is 1. The van der Waals surface area contributed by atoms with E-state index in [4.69, 9.17) is 5.73 Å². The molecule has 0 unspecified atom stereocenters. The van der Waals surface area contributed by atoms with Gasteiger partial charge in [0.2, 0.25) is 0 Å². The van der Waals surface area contributed by atoms with Crippen LogP contribution in [-0.4, -0.2) is 20.2 Å². The lowest BCUT2D eigenvalue weighted by molar-refractivity contribution is 0.789. The van der Waals surface area contributed by atoms with Gasteiger partial charge in [0.25, 0.3) is 0 Å². The molecule has 0 atom stereocenters. The molecule has 100 valence electrons. The highest BCUT2D eigenvalue weighted by Crippen LogP contribution is 2.26. The van der Waals surface area contributed by atoms with Gasteiger partial charge in [-0.15, -0.1) is 5.10 Å². The van der Waals surface area contributed by atoms with Gasteiger partial charge in [-0.25, -0.2) is 0 Å². The summed E-state index contributed by atoms with van der Waals surface area (Å²) in [5, 5.41) is 12.0. The Hall–Kier alpha value is -2.21. The molecule has 0 aliphatic carbocycles. The molecule has 5 nitrogen and oxygen atoms in total. The molecule has 0 bridgehead atoms. The minimum atomic E-state index is 0.681. The lowest BCUT2D eigenvalue weighted by Crippen LogP contribution is -2.01. The van der Waals surface area contributed by atoms with E-state index in [1.54, 1.807) is 4.68 Å². The van der Waals surface area contributed by atoms with E-state index in [2.05, 4.69) is 31.5 Å². The van der Waals surface area contributed by atoms with Crippen LogP contribution in [-0.2, 0) is 0 Å². The topological polar surface area (TPSA) is 69.6 Å². The minimum Gasteiger partial charge on any atom is -0.399 e. The second kappa shape index (κ2) is 5.05. The van der Waals surface area contributed by atoms with Crippen molar-refractivity contribution in [3.05, 3.63) is 52.5 Å². The van der Waals surface area contributed by atoms with Crippen molar-refractivity contribution in [2.75, 3.05) is 5.73 Å². The van der Waals surface area contributed by atoms with E-state index in [1.807, 2.05) is 49.4 Å². The molecule has 1 heterocycles. The van der Waals surface area contributed by atoms with Crippen LogP contribution in [0.4, 0.5) is 5.69 Å². The third-order valence-electron chi connectivity index (χ3n) is 3.08. The fraction of sp³-hybridized carbons (Fsp3) is 0.0714. The number of hydrogen-bond donors (Lipinski definition) is 1. The van der Waals surface area contributed by atoms with E-state index in [0.29, 0.717) is 5.82 Å². The summed E-state index contributed by atoms with van der Waals surface area (Å²) in [5.41, 5.74) is 9.43. The Bertz CT molecular complexity index is 766. The van der Waals surface area contributed by atoms with Crippen molar-refractivity contribution in [3.63, 3.8) is 0 Å². The van der Waals surface area contributed by atoms with Crippen molar-refractivity contribution < 1.29 is 0 Å². The Morgan fingerprint density at radius 3 is 2.70 bits per heavy atom. The lowest BCUT2D eigenvalue weighted by atomic mass is 10.1. The summed E-state index contributed by atoms with van der Waals surface area (Å²) in [6.45, 7) is 1.96. The number of tetrazole rings is 1. The number of nitrogens with two attached hydrogens (primary N) is 1. The van der Waals surface area contributed by atoms with Gasteiger partial charge in [0, 0.05) is 15.7 Å². The van der Waals surface area contributed by atoms with Crippen LogP contribution in [0.3, 0.4) is 0 Å². The first kappa shape index (κ1) is 12.8. The zero-order valence-electron chi connectivity index (χ0n) is 10.8. The molecular weight excluding hydrogens is 318 g/mol. The molecule has 0 saturated heterocycles. The Morgan fingerprint density at radius 1 is 1.15 bits per heavy atom. The maximum absolute atomic E-state index is 5.85. The quantitative estimate of drug-likeness (QED) is 0.734. The number of aromatic nitrogens is 4. The van der Waals surface area contributed by atoms with Crippen LogP contribution in [0.25, 0.3) is 17.1 Å². The summed E-state index contributed by atoms with van der Waals surface area (Å²) >= 11 is 3.51. The van der Waals surface area contributed by atoms with Gasteiger partial charge in [-0.2, -0.15) is 4.68 Å². The largest absolute Gasteiger partial charge is 0.399 e. The smallest absolute Gasteiger partial charge is 0.187 e. The second-order valence-electron chi connectivity index (χ2n) is 4.44. The fourth-order valence-corrected chi connectivity index (χ4v) is 2.42. The van der Waals surface area contributed by atoms with Crippen LogP contribution in [0.15, 0.2) is 46.9 Å². The summed E-state index contributed by atoms with van der Waals surface area (Å²) in [5.74, 6) is 0.681. The van der Waals surface area contributed by atoms with E-state index in [9.17, 15) is 0 Å². The molecule has 3 rings (SSSR count). The molecule has 2 N–H and O–H groups in total. The van der Waals surface area contributed by atoms with E-state index in [1.165, 1.54) is 0 Å². The summed E-state index contributed by atoms with van der Waals surface area (Å²) in [7, 11) is 0. The average molecular weight is 330 g/mol. The van der Waals surface area contributed by atoms with E-state index < -0.39 is 0 Å². The molecular formula is C14H12BrN5. The van der Waals surface area contributed by atoms with Gasteiger partial charge in [-0.3, -0.25) is 0 Å². The van der Waals surface area contributed by atoms with Gasteiger partial charge in [-0.1, -0.05) is 12.1 Å². The second-order valence-corrected chi connectivity index (χ2v) is 5.29. The number of nitrogens with zero attached hydrogens (tertiary/aromatic N) is 4. The summed E-state index contributed by atoms with van der Waals surface area (Å²) in [6, 6.07) is 13.6. The number of hydrogen-bond acceptors (Lipinski definition) is 4. The predicted molar refractivity (Wildman–Crippen MR) is 81.4 cm³/mol. The van der Waals surface area contributed by atoms with Crippen LogP contribution in [0, 0.1) is 6.92 Å². The molecule has 1 aromatic heterocycles. The molecule has 0 aliphatic heterocycles. The van der Waals surface area contributed by atoms with Crippen LogP contribution in [0.5, 0.6) is 0 Å². The highest BCUT2D eigenvalue weighted by molar-refractivity contribution is 9.10. The van der Waals surface area contributed by atoms with Gasteiger partial charge < -0.3 is 5.73 Å². The molecule has 0 aliphatic rings. The molecule has 20 heavy (non-hydrogen) atoms. The number of anilines is 1. The molecule has 0 amide bonds. The van der Waals surface area contributed by atoms with Gasteiger partial charge in [0.15, 0.2) is 5.82 Å². The third-order valence-corrected chi connectivity index (χ3v) is 3.75. The molecule has 6 heteroatoms. The Labute approximate surface area is 124 Å². The Kier molecular flexibility index (Phi) is 3.23. The molecule has 3 aromatic rings. The number of rotatable bonds is 2. The van der Waals surface area contributed by atoms with Crippen LogP contribution in [0.1, 0.15) is 5.56 Å². The van der Waals surface area contributed by atoms with Crippen molar-refractivity contribution in [2.45, 2.75) is 6.92 Å². The van der Waals surface area contributed by atoms with Crippen LogP contribution >= 0.6 is 15.9 Å². The molecule has 2 aromatic carbocycles. The summed E-state index contributed by atoms with van der Waals surface area (Å²) in [4.78, 5) is 0. The molecule has 0 fully saturated rings. The summed E-state index contributed by atoms with van der Waals surface area (Å²) < 4.78 is 2.63. The van der Waals surface area contributed by atoms with E-state index in [-0.39, 0.29) is 0 Å². The molecule has 0 radical (unpaired) electrons. The average Bonchev–Trinajstić information content (AvgIpc) is 2.91. The first-order valence-corrected chi connectivity index (χ1v) is 6.86. The highest BCUT2D eigenvalue weighted by atomic mass is 79.9. The van der Waals surface area contributed by atoms with Crippen molar-refractivity contribution in [2.24, 2.45) is 0 Å². The standard InChI is InChI=1S/C14H12BrN5/c1-9-8-10(6-7-12(9)16)14-17-18-19-20(14)13-5-3-2-4-11(13)15/h2-8H,16H2,1H3. The van der Waals surface area contributed by atoms with Crippen molar-refractivity contribution in [1.82, 2.24) is 20.2 Å². The minimum absolute atomic E-state index is 0.681. The van der Waals surface area contributed by atoms with Gasteiger partial charge >= 0.3 is 0 Å². The monoisotopic (exact) mass is 329 g/mol. The summed E-state index contributed by atoms with van der Waals surface area (Å²) in [6.07, 6.45) is 0. The maximum atomic E-state index is 5.85. The zero-order valence-corrected chi connectivity index (χ0v) is 12.4. The number of nitrogen functional groups attached to an aromatic ring is 1.